The first kappa shape index (κ1) is 6.53. The van der Waals surface area contributed by atoms with Crippen LogP contribution in [0.5, 0.6) is 0 Å². The molecule has 0 aromatic heterocycles. The fraction of sp³-hybridized carbons (Fsp3) is 0.625. The van der Waals surface area contributed by atoms with E-state index in [1.54, 1.807) is 0 Å². The van der Waals surface area contributed by atoms with Crippen LogP contribution < -0.4 is 0 Å². The standard InChI is InChI=1S/C8H9NO2/c1-2-5-6-3-9(8(10)11)4-7(5)6/h1,5-7H,3-4H2,(H,10,11)/t5?,6-,7+. The molecule has 58 valence electrons. The molecule has 3 atom stereocenters. The molecule has 0 aromatic carbocycles. The van der Waals surface area contributed by atoms with Gasteiger partial charge in [-0.25, -0.2) is 4.79 Å². The lowest BCUT2D eigenvalue weighted by Gasteiger charge is -2.13. The van der Waals surface area contributed by atoms with Crippen molar-refractivity contribution < 1.29 is 9.90 Å². The summed E-state index contributed by atoms with van der Waals surface area (Å²) < 4.78 is 0. The van der Waals surface area contributed by atoms with Gasteiger partial charge in [0, 0.05) is 19.0 Å². The SMILES string of the molecule is C#CC1[C@H]2CN(C(=O)O)C[C@@H]12. The molecule has 1 saturated heterocycles. The molecule has 1 saturated carbocycles. The fourth-order valence-corrected chi connectivity index (χ4v) is 1.93. The number of hydrogen-bond acceptors (Lipinski definition) is 1. The van der Waals surface area contributed by atoms with E-state index in [0.717, 1.165) is 0 Å². The van der Waals surface area contributed by atoms with Crippen molar-refractivity contribution in [3.05, 3.63) is 0 Å². The zero-order chi connectivity index (χ0) is 8.01. The highest BCUT2D eigenvalue weighted by atomic mass is 16.4. The van der Waals surface area contributed by atoms with Crippen LogP contribution in [0.1, 0.15) is 0 Å². The van der Waals surface area contributed by atoms with Crippen LogP contribution in [-0.4, -0.2) is 29.2 Å². The van der Waals surface area contributed by atoms with Crippen LogP contribution in [0.25, 0.3) is 0 Å². The summed E-state index contributed by atoms with van der Waals surface area (Å²) in [6.07, 6.45) is 4.42. The van der Waals surface area contributed by atoms with Crippen molar-refractivity contribution in [3.63, 3.8) is 0 Å². The van der Waals surface area contributed by atoms with Crippen LogP contribution >= 0.6 is 0 Å². The van der Waals surface area contributed by atoms with Gasteiger partial charge in [0.1, 0.15) is 0 Å². The number of piperidine rings is 1. The molecular formula is C8H9NO2. The molecule has 0 aromatic rings. The van der Waals surface area contributed by atoms with Gasteiger partial charge in [0.15, 0.2) is 0 Å². The zero-order valence-electron chi connectivity index (χ0n) is 6.03. The Bertz CT molecular complexity index is 231. The van der Waals surface area contributed by atoms with E-state index in [1.807, 2.05) is 0 Å². The lowest BCUT2D eigenvalue weighted by Crippen LogP contribution is -2.29. The monoisotopic (exact) mass is 151 g/mol. The van der Waals surface area contributed by atoms with E-state index in [4.69, 9.17) is 11.5 Å². The van der Waals surface area contributed by atoms with Gasteiger partial charge in [-0.05, 0) is 11.8 Å². The fourth-order valence-electron chi connectivity index (χ4n) is 1.93. The van der Waals surface area contributed by atoms with Crippen molar-refractivity contribution >= 4 is 6.09 Å². The van der Waals surface area contributed by atoms with Crippen molar-refractivity contribution in [2.24, 2.45) is 17.8 Å². The van der Waals surface area contributed by atoms with Crippen LogP contribution in [0, 0.1) is 30.1 Å². The van der Waals surface area contributed by atoms with Gasteiger partial charge in [-0.1, -0.05) is 0 Å². The highest BCUT2D eigenvalue weighted by Crippen LogP contribution is 2.50. The average Bonchev–Trinajstić information content (AvgIpc) is 2.41. The Hall–Kier alpha value is -1.17. The first-order valence-electron chi connectivity index (χ1n) is 3.68. The molecule has 1 aliphatic heterocycles. The van der Waals surface area contributed by atoms with E-state index in [9.17, 15) is 4.79 Å². The number of carbonyl (C=O) groups is 1. The maximum absolute atomic E-state index is 10.4. The summed E-state index contributed by atoms with van der Waals surface area (Å²) in [5, 5.41) is 8.58. The maximum atomic E-state index is 10.4. The number of amides is 1. The summed E-state index contributed by atoms with van der Waals surface area (Å²) in [5.41, 5.74) is 0. The van der Waals surface area contributed by atoms with Crippen molar-refractivity contribution in [2.45, 2.75) is 0 Å². The molecule has 3 heteroatoms. The molecule has 2 aliphatic rings. The molecule has 1 amide bonds. The zero-order valence-corrected chi connectivity index (χ0v) is 6.03. The van der Waals surface area contributed by atoms with E-state index in [0.29, 0.717) is 30.8 Å². The third kappa shape index (κ3) is 0.790. The van der Waals surface area contributed by atoms with Crippen molar-refractivity contribution in [1.29, 1.82) is 0 Å². The van der Waals surface area contributed by atoms with Gasteiger partial charge in [-0.15, -0.1) is 12.3 Å². The first-order chi connectivity index (χ1) is 5.24. The predicted molar refractivity (Wildman–Crippen MR) is 38.9 cm³/mol. The number of rotatable bonds is 0. The number of likely N-dealkylation sites (tertiary alicyclic amines) is 1. The van der Waals surface area contributed by atoms with Crippen molar-refractivity contribution in [2.75, 3.05) is 13.1 Å². The maximum Gasteiger partial charge on any atom is 0.407 e. The van der Waals surface area contributed by atoms with Crippen LogP contribution in [0.2, 0.25) is 0 Å². The smallest absolute Gasteiger partial charge is 0.407 e. The number of terminal acetylenes is 1. The molecule has 1 N–H and O–H groups in total. The number of nitrogens with zero attached hydrogens (tertiary/aromatic N) is 1. The van der Waals surface area contributed by atoms with E-state index < -0.39 is 6.09 Å². The predicted octanol–water partition coefficient (Wildman–Crippen LogP) is 0.475. The van der Waals surface area contributed by atoms with Gasteiger partial charge >= 0.3 is 6.09 Å². The Morgan fingerprint density at radius 2 is 2.09 bits per heavy atom. The van der Waals surface area contributed by atoms with Gasteiger partial charge in [-0.3, -0.25) is 0 Å². The van der Waals surface area contributed by atoms with Crippen LogP contribution in [0.15, 0.2) is 0 Å². The van der Waals surface area contributed by atoms with Gasteiger partial charge in [0.2, 0.25) is 0 Å². The minimum atomic E-state index is -0.812. The molecule has 2 fully saturated rings. The number of hydrogen-bond donors (Lipinski definition) is 1. The second kappa shape index (κ2) is 1.91. The van der Waals surface area contributed by atoms with Crippen molar-refractivity contribution in [3.8, 4) is 12.3 Å². The highest BCUT2D eigenvalue weighted by Gasteiger charge is 2.55. The summed E-state index contributed by atoms with van der Waals surface area (Å²) in [7, 11) is 0. The van der Waals surface area contributed by atoms with Crippen LogP contribution in [-0.2, 0) is 0 Å². The Morgan fingerprint density at radius 1 is 1.55 bits per heavy atom. The van der Waals surface area contributed by atoms with Gasteiger partial charge in [-0.2, -0.15) is 0 Å². The second-order valence-electron chi connectivity index (χ2n) is 3.21. The Kier molecular flexibility index (Phi) is 1.14. The first-order valence-corrected chi connectivity index (χ1v) is 3.68. The molecule has 1 aliphatic carbocycles. The average molecular weight is 151 g/mol. The molecule has 0 spiro atoms. The highest BCUT2D eigenvalue weighted by molar-refractivity contribution is 5.66. The largest absolute Gasteiger partial charge is 0.465 e. The lowest BCUT2D eigenvalue weighted by atomic mass is 10.3. The van der Waals surface area contributed by atoms with Gasteiger partial charge in [0.05, 0.1) is 0 Å². The summed E-state index contributed by atoms with van der Waals surface area (Å²) >= 11 is 0. The molecule has 0 bridgehead atoms. The van der Waals surface area contributed by atoms with E-state index >= 15 is 0 Å². The summed E-state index contributed by atoms with van der Waals surface area (Å²) in [5.74, 6) is 3.98. The molecule has 3 nitrogen and oxygen atoms in total. The summed E-state index contributed by atoms with van der Waals surface area (Å²) in [4.78, 5) is 11.9. The normalized spacial score (nSPS) is 39.5. The minimum absolute atomic E-state index is 0.366. The third-order valence-corrected chi connectivity index (χ3v) is 2.66. The Balaban J connectivity index is 1.95. The third-order valence-electron chi connectivity index (χ3n) is 2.66. The minimum Gasteiger partial charge on any atom is -0.465 e. The van der Waals surface area contributed by atoms with Crippen LogP contribution in [0.4, 0.5) is 4.79 Å². The molecule has 11 heavy (non-hydrogen) atoms. The second-order valence-corrected chi connectivity index (χ2v) is 3.21. The number of carboxylic acid groups (broad SMARTS) is 1. The molecule has 1 unspecified atom stereocenters. The molecule has 0 radical (unpaired) electrons. The topological polar surface area (TPSA) is 40.5 Å². The van der Waals surface area contributed by atoms with Gasteiger partial charge in [0.25, 0.3) is 0 Å². The summed E-state index contributed by atoms with van der Waals surface area (Å²) in [6, 6.07) is 0. The van der Waals surface area contributed by atoms with Crippen LogP contribution in [0.3, 0.4) is 0 Å². The van der Waals surface area contributed by atoms with Crippen molar-refractivity contribution in [1.82, 2.24) is 4.90 Å². The molecular weight excluding hydrogens is 142 g/mol. The van der Waals surface area contributed by atoms with E-state index in [-0.39, 0.29) is 0 Å². The van der Waals surface area contributed by atoms with Gasteiger partial charge < -0.3 is 10.0 Å². The summed E-state index contributed by atoms with van der Waals surface area (Å²) in [6.45, 7) is 1.30. The molecule has 1 heterocycles. The quantitative estimate of drug-likeness (QED) is 0.511. The Morgan fingerprint density at radius 3 is 2.45 bits per heavy atom. The number of fused-ring (bicyclic) bond motifs is 1. The Labute approximate surface area is 65.0 Å². The molecule has 2 rings (SSSR count). The van der Waals surface area contributed by atoms with E-state index in [1.165, 1.54) is 4.90 Å². The van der Waals surface area contributed by atoms with E-state index in [2.05, 4.69) is 5.92 Å². The lowest BCUT2D eigenvalue weighted by molar-refractivity contribution is 0.149.